The van der Waals surface area contributed by atoms with Crippen LogP contribution < -0.4 is 5.32 Å². The van der Waals surface area contributed by atoms with Crippen molar-refractivity contribution in [3.63, 3.8) is 0 Å². The average molecular weight is 429 g/mol. The van der Waals surface area contributed by atoms with Crippen molar-refractivity contribution in [2.24, 2.45) is 0 Å². The van der Waals surface area contributed by atoms with Gasteiger partial charge in [0.1, 0.15) is 0 Å². The zero-order chi connectivity index (χ0) is 20.4. The Labute approximate surface area is 170 Å². The molecule has 0 bridgehead atoms. The van der Waals surface area contributed by atoms with Gasteiger partial charge in [-0.1, -0.05) is 47.0 Å². The largest absolute Gasteiger partial charge is 0.324 e. The quantitative estimate of drug-likeness (QED) is 0.744. The second-order valence-corrected chi connectivity index (χ2v) is 9.40. The molecule has 2 aromatic carbocycles. The highest BCUT2D eigenvalue weighted by molar-refractivity contribution is 7.88. The third-order valence-corrected chi connectivity index (χ3v) is 6.01. The van der Waals surface area contributed by atoms with Crippen molar-refractivity contribution in [3.8, 4) is 0 Å². The number of anilines is 1. The zero-order valence-electron chi connectivity index (χ0n) is 15.6. The molecule has 0 saturated carbocycles. The third-order valence-electron chi connectivity index (χ3n) is 4.07. The van der Waals surface area contributed by atoms with Crippen molar-refractivity contribution >= 4 is 44.8 Å². The second kappa shape index (κ2) is 8.61. The SMILES string of the molecule is Cc1cc(C)c(NC(=O)CN(Cc2ccc(Cl)c(Cl)c2)S(C)(=O)=O)c(C)c1. The molecule has 0 aliphatic carbocycles. The van der Waals surface area contributed by atoms with Gasteiger partial charge in [0.25, 0.3) is 0 Å². The van der Waals surface area contributed by atoms with E-state index in [0.29, 0.717) is 21.3 Å². The van der Waals surface area contributed by atoms with Crippen molar-refractivity contribution in [3.05, 3.63) is 62.6 Å². The van der Waals surface area contributed by atoms with Crippen LogP contribution in [-0.2, 0) is 21.4 Å². The number of hydrogen-bond donors (Lipinski definition) is 1. The fourth-order valence-electron chi connectivity index (χ4n) is 2.85. The molecule has 0 atom stereocenters. The predicted octanol–water partition coefficient (Wildman–Crippen LogP) is 4.32. The summed E-state index contributed by atoms with van der Waals surface area (Å²) in [6, 6.07) is 8.80. The van der Waals surface area contributed by atoms with E-state index in [4.69, 9.17) is 23.2 Å². The molecular formula is C19H22Cl2N2O3S. The minimum absolute atomic E-state index is 0.0228. The fraction of sp³-hybridized carbons (Fsp3) is 0.316. The molecule has 0 saturated heterocycles. The Morgan fingerprint density at radius 1 is 1.04 bits per heavy atom. The molecule has 2 aromatic rings. The van der Waals surface area contributed by atoms with Gasteiger partial charge in [-0.05, 0) is 49.6 Å². The van der Waals surface area contributed by atoms with Gasteiger partial charge in [-0.25, -0.2) is 8.42 Å². The van der Waals surface area contributed by atoms with E-state index >= 15 is 0 Å². The Balaban J connectivity index is 2.19. The molecule has 0 fully saturated rings. The number of benzene rings is 2. The maximum Gasteiger partial charge on any atom is 0.239 e. The van der Waals surface area contributed by atoms with Crippen LogP contribution in [0.3, 0.4) is 0 Å². The van der Waals surface area contributed by atoms with Gasteiger partial charge in [-0.2, -0.15) is 4.31 Å². The molecule has 5 nitrogen and oxygen atoms in total. The smallest absolute Gasteiger partial charge is 0.239 e. The molecule has 0 aliphatic rings. The molecule has 1 N–H and O–H groups in total. The lowest BCUT2D eigenvalue weighted by Crippen LogP contribution is -2.37. The van der Waals surface area contributed by atoms with E-state index in [1.54, 1.807) is 18.2 Å². The van der Waals surface area contributed by atoms with Gasteiger partial charge in [0.2, 0.25) is 15.9 Å². The molecule has 8 heteroatoms. The molecule has 0 spiro atoms. The van der Waals surface area contributed by atoms with Crippen molar-refractivity contribution in [2.75, 3.05) is 18.1 Å². The first-order valence-electron chi connectivity index (χ1n) is 8.24. The van der Waals surface area contributed by atoms with E-state index in [-0.39, 0.29) is 13.1 Å². The molecular weight excluding hydrogens is 407 g/mol. The highest BCUT2D eigenvalue weighted by atomic mass is 35.5. The number of halogens is 2. The number of hydrogen-bond acceptors (Lipinski definition) is 3. The fourth-order valence-corrected chi connectivity index (χ4v) is 3.90. The maximum absolute atomic E-state index is 12.5. The number of amides is 1. The Hall–Kier alpha value is -1.60. The molecule has 2 rings (SSSR count). The molecule has 0 heterocycles. The monoisotopic (exact) mass is 428 g/mol. The summed E-state index contributed by atoms with van der Waals surface area (Å²) in [7, 11) is -3.60. The number of nitrogens with zero attached hydrogens (tertiary/aromatic N) is 1. The Bertz CT molecular complexity index is 952. The summed E-state index contributed by atoms with van der Waals surface area (Å²) in [4.78, 5) is 12.5. The first kappa shape index (κ1) is 21.7. The van der Waals surface area contributed by atoms with E-state index in [9.17, 15) is 13.2 Å². The van der Waals surface area contributed by atoms with Gasteiger partial charge in [0.05, 0.1) is 22.8 Å². The van der Waals surface area contributed by atoms with Crippen LogP contribution in [0.15, 0.2) is 30.3 Å². The van der Waals surface area contributed by atoms with Gasteiger partial charge in [0.15, 0.2) is 0 Å². The maximum atomic E-state index is 12.5. The third kappa shape index (κ3) is 5.94. The lowest BCUT2D eigenvalue weighted by Gasteiger charge is -2.21. The summed E-state index contributed by atoms with van der Waals surface area (Å²) in [5, 5.41) is 3.54. The Morgan fingerprint density at radius 3 is 2.15 bits per heavy atom. The van der Waals surface area contributed by atoms with Crippen molar-refractivity contribution in [1.29, 1.82) is 0 Å². The van der Waals surface area contributed by atoms with E-state index in [1.807, 2.05) is 32.9 Å². The molecule has 0 aromatic heterocycles. The zero-order valence-corrected chi connectivity index (χ0v) is 18.0. The Morgan fingerprint density at radius 2 is 1.63 bits per heavy atom. The molecule has 0 aliphatic heterocycles. The first-order valence-corrected chi connectivity index (χ1v) is 10.8. The summed E-state index contributed by atoms with van der Waals surface area (Å²) in [5.41, 5.74) is 4.30. The van der Waals surface area contributed by atoms with Crippen molar-refractivity contribution in [1.82, 2.24) is 4.31 Å². The highest BCUT2D eigenvalue weighted by Crippen LogP contribution is 2.24. The van der Waals surface area contributed by atoms with Crippen LogP contribution in [-0.4, -0.2) is 31.4 Å². The number of nitrogens with one attached hydrogen (secondary N) is 1. The van der Waals surface area contributed by atoms with Crippen LogP contribution >= 0.6 is 23.2 Å². The molecule has 27 heavy (non-hydrogen) atoms. The molecule has 146 valence electrons. The van der Waals surface area contributed by atoms with Crippen LogP contribution in [0.4, 0.5) is 5.69 Å². The van der Waals surface area contributed by atoms with Gasteiger partial charge >= 0.3 is 0 Å². The minimum atomic E-state index is -3.60. The van der Waals surface area contributed by atoms with E-state index in [0.717, 1.165) is 27.3 Å². The molecule has 0 unspecified atom stereocenters. The Kier molecular flexibility index (Phi) is 6.92. The standard InChI is InChI=1S/C19H22Cl2N2O3S/c1-12-7-13(2)19(14(3)8-12)22-18(24)11-23(27(4,25)26)10-15-5-6-16(20)17(21)9-15/h5-9H,10-11H2,1-4H3,(H,22,24). The molecule has 0 radical (unpaired) electrons. The van der Waals surface area contributed by atoms with Crippen molar-refractivity contribution in [2.45, 2.75) is 27.3 Å². The summed E-state index contributed by atoms with van der Waals surface area (Å²) in [5.74, 6) is -0.407. The average Bonchev–Trinajstić information content (AvgIpc) is 2.53. The lowest BCUT2D eigenvalue weighted by atomic mass is 10.1. The highest BCUT2D eigenvalue weighted by Gasteiger charge is 2.21. The molecule has 1 amide bonds. The van der Waals surface area contributed by atoms with Crippen molar-refractivity contribution < 1.29 is 13.2 Å². The van der Waals surface area contributed by atoms with Crippen LogP contribution in [0.5, 0.6) is 0 Å². The first-order chi connectivity index (χ1) is 12.5. The summed E-state index contributed by atoms with van der Waals surface area (Å²) in [6.07, 6.45) is 1.07. The van der Waals surface area contributed by atoms with E-state index in [1.165, 1.54) is 0 Å². The lowest BCUT2D eigenvalue weighted by molar-refractivity contribution is -0.116. The van der Waals surface area contributed by atoms with E-state index < -0.39 is 15.9 Å². The number of rotatable bonds is 6. The topological polar surface area (TPSA) is 66.5 Å². The van der Waals surface area contributed by atoms with Gasteiger partial charge in [-0.15, -0.1) is 0 Å². The minimum Gasteiger partial charge on any atom is -0.324 e. The number of carbonyl (C=O) groups is 1. The second-order valence-electron chi connectivity index (χ2n) is 6.60. The van der Waals surface area contributed by atoms with Crippen LogP contribution in [0.2, 0.25) is 10.0 Å². The van der Waals surface area contributed by atoms with E-state index in [2.05, 4.69) is 5.32 Å². The summed E-state index contributed by atoms with van der Waals surface area (Å²) in [6.45, 7) is 5.51. The number of sulfonamides is 1. The van der Waals surface area contributed by atoms with Gasteiger partial charge < -0.3 is 5.32 Å². The summed E-state index contributed by atoms with van der Waals surface area (Å²) < 4.78 is 25.4. The van der Waals surface area contributed by atoms with Gasteiger partial charge in [0, 0.05) is 12.2 Å². The van der Waals surface area contributed by atoms with Crippen LogP contribution in [0, 0.1) is 20.8 Å². The van der Waals surface area contributed by atoms with Crippen LogP contribution in [0.1, 0.15) is 22.3 Å². The number of carbonyl (C=O) groups excluding carboxylic acids is 1. The number of aryl methyl sites for hydroxylation is 3. The summed E-state index contributed by atoms with van der Waals surface area (Å²) >= 11 is 11.9. The van der Waals surface area contributed by atoms with Gasteiger partial charge in [-0.3, -0.25) is 4.79 Å². The van der Waals surface area contributed by atoms with Crippen LogP contribution in [0.25, 0.3) is 0 Å². The normalized spacial score (nSPS) is 11.7. The predicted molar refractivity (Wildman–Crippen MR) is 111 cm³/mol.